The van der Waals surface area contributed by atoms with Crippen LogP contribution < -0.4 is 14.8 Å². The van der Waals surface area contributed by atoms with Gasteiger partial charge in [-0.3, -0.25) is 4.90 Å². The minimum Gasteiger partial charge on any atom is -0.497 e. The molecule has 0 bridgehead atoms. The Kier molecular flexibility index (Phi) is 6.35. The van der Waals surface area contributed by atoms with Crippen molar-refractivity contribution >= 4 is 0 Å². The zero-order chi connectivity index (χ0) is 16.8. The van der Waals surface area contributed by atoms with Crippen molar-refractivity contribution in [1.82, 2.24) is 15.1 Å². The molecule has 0 amide bonds. The van der Waals surface area contributed by atoms with Gasteiger partial charge in [-0.15, -0.1) is 0 Å². The summed E-state index contributed by atoms with van der Waals surface area (Å²) in [6.45, 7) is 9.30. The van der Waals surface area contributed by atoms with Gasteiger partial charge in [0.1, 0.15) is 11.5 Å². The zero-order valence-electron chi connectivity index (χ0n) is 15.1. The van der Waals surface area contributed by atoms with Crippen molar-refractivity contribution in [3.05, 3.63) is 23.8 Å². The first-order valence-electron chi connectivity index (χ1n) is 9.14. The molecule has 0 unspecified atom stereocenters. The van der Waals surface area contributed by atoms with Crippen molar-refractivity contribution in [2.24, 2.45) is 5.92 Å². The van der Waals surface area contributed by atoms with E-state index in [0.29, 0.717) is 0 Å². The monoisotopic (exact) mass is 333 g/mol. The van der Waals surface area contributed by atoms with Gasteiger partial charge in [-0.2, -0.15) is 0 Å². The predicted octanol–water partition coefficient (Wildman–Crippen LogP) is 1.82. The quantitative estimate of drug-likeness (QED) is 0.859. The summed E-state index contributed by atoms with van der Waals surface area (Å²) in [4.78, 5) is 5.19. The number of hydrogen-bond donors (Lipinski definition) is 1. The van der Waals surface area contributed by atoms with Gasteiger partial charge in [0.15, 0.2) is 0 Å². The molecule has 0 radical (unpaired) electrons. The van der Waals surface area contributed by atoms with E-state index in [-0.39, 0.29) is 0 Å². The van der Waals surface area contributed by atoms with Crippen molar-refractivity contribution < 1.29 is 9.47 Å². The molecule has 0 atom stereocenters. The third-order valence-corrected chi connectivity index (χ3v) is 5.26. The maximum Gasteiger partial charge on any atom is 0.122 e. The number of hydrogen-bond acceptors (Lipinski definition) is 5. The fourth-order valence-electron chi connectivity index (χ4n) is 3.78. The van der Waals surface area contributed by atoms with Gasteiger partial charge in [-0.05, 0) is 49.5 Å². The molecule has 2 heterocycles. The fraction of sp³-hybridized carbons (Fsp3) is 0.684. The summed E-state index contributed by atoms with van der Waals surface area (Å²) in [7, 11) is 3.41. The van der Waals surface area contributed by atoms with Crippen LogP contribution in [0.5, 0.6) is 11.5 Å². The van der Waals surface area contributed by atoms with Crippen LogP contribution in [0.3, 0.4) is 0 Å². The number of piperazine rings is 1. The minimum atomic E-state index is 0.869. The third kappa shape index (κ3) is 4.85. The van der Waals surface area contributed by atoms with Gasteiger partial charge in [0.25, 0.3) is 0 Å². The maximum atomic E-state index is 5.38. The lowest BCUT2D eigenvalue weighted by molar-refractivity contribution is 0.107. The van der Waals surface area contributed by atoms with Crippen LogP contribution >= 0.6 is 0 Å². The van der Waals surface area contributed by atoms with Gasteiger partial charge in [0.05, 0.1) is 14.2 Å². The highest BCUT2D eigenvalue weighted by Crippen LogP contribution is 2.24. The van der Waals surface area contributed by atoms with E-state index in [1.54, 1.807) is 14.2 Å². The summed E-state index contributed by atoms with van der Waals surface area (Å²) < 4.78 is 10.8. The van der Waals surface area contributed by atoms with E-state index in [1.165, 1.54) is 51.1 Å². The molecule has 0 spiro atoms. The van der Waals surface area contributed by atoms with Crippen molar-refractivity contribution in [3.8, 4) is 11.5 Å². The van der Waals surface area contributed by atoms with E-state index in [4.69, 9.17) is 9.47 Å². The second-order valence-electron chi connectivity index (χ2n) is 6.99. The molecule has 5 nitrogen and oxygen atoms in total. The van der Waals surface area contributed by atoms with Crippen LogP contribution in [-0.2, 0) is 6.54 Å². The van der Waals surface area contributed by atoms with Gasteiger partial charge >= 0.3 is 0 Å². The van der Waals surface area contributed by atoms with Crippen LogP contribution in [0.25, 0.3) is 0 Å². The molecule has 0 aliphatic carbocycles. The van der Waals surface area contributed by atoms with Crippen molar-refractivity contribution in [1.29, 1.82) is 0 Å². The molecular weight excluding hydrogens is 302 g/mol. The van der Waals surface area contributed by atoms with E-state index < -0.39 is 0 Å². The SMILES string of the molecule is COc1cc(CN2CCN(CC3CCNCC3)CC2)cc(OC)c1. The van der Waals surface area contributed by atoms with Crippen LogP contribution in [0.1, 0.15) is 18.4 Å². The van der Waals surface area contributed by atoms with Crippen molar-refractivity contribution in [2.75, 3.05) is 60.0 Å². The summed E-state index contributed by atoms with van der Waals surface area (Å²) in [6, 6.07) is 6.16. The lowest BCUT2D eigenvalue weighted by atomic mass is 9.97. The summed E-state index contributed by atoms with van der Waals surface area (Å²) >= 11 is 0. The Labute approximate surface area is 145 Å². The van der Waals surface area contributed by atoms with Crippen molar-refractivity contribution in [3.63, 3.8) is 0 Å². The summed E-state index contributed by atoms with van der Waals surface area (Å²) in [5, 5.41) is 3.46. The highest BCUT2D eigenvalue weighted by molar-refractivity contribution is 5.38. The molecule has 3 rings (SSSR count). The highest BCUT2D eigenvalue weighted by atomic mass is 16.5. The Bertz CT molecular complexity index is 487. The van der Waals surface area contributed by atoms with Crippen LogP contribution in [-0.4, -0.2) is 69.8 Å². The average Bonchev–Trinajstić information content (AvgIpc) is 2.64. The smallest absolute Gasteiger partial charge is 0.122 e. The van der Waals surface area contributed by atoms with E-state index >= 15 is 0 Å². The number of benzene rings is 1. The van der Waals surface area contributed by atoms with E-state index in [9.17, 15) is 0 Å². The summed E-state index contributed by atoms with van der Waals surface area (Å²) in [5.74, 6) is 2.63. The van der Waals surface area contributed by atoms with E-state index in [1.807, 2.05) is 6.07 Å². The number of ether oxygens (including phenoxy) is 2. The maximum absolute atomic E-state index is 5.38. The molecule has 1 aromatic carbocycles. The molecule has 0 aromatic heterocycles. The fourth-order valence-corrected chi connectivity index (χ4v) is 3.78. The first-order chi connectivity index (χ1) is 11.8. The topological polar surface area (TPSA) is 37.0 Å². The Balaban J connectivity index is 1.48. The number of nitrogens with one attached hydrogen (secondary N) is 1. The van der Waals surface area contributed by atoms with Crippen LogP contribution in [0.15, 0.2) is 18.2 Å². The second kappa shape index (κ2) is 8.70. The minimum absolute atomic E-state index is 0.869. The Morgan fingerprint density at radius 3 is 2.08 bits per heavy atom. The van der Waals surface area contributed by atoms with Crippen molar-refractivity contribution in [2.45, 2.75) is 19.4 Å². The van der Waals surface area contributed by atoms with Gasteiger partial charge in [-0.1, -0.05) is 0 Å². The van der Waals surface area contributed by atoms with Gasteiger partial charge in [0, 0.05) is 45.3 Å². The third-order valence-electron chi connectivity index (χ3n) is 5.26. The van der Waals surface area contributed by atoms with Gasteiger partial charge in [-0.25, -0.2) is 0 Å². The molecular formula is C19H31N3O2. The Morgan fingerprint density at radius 1 is 0.917 bits per heavy atom. The molecule has 2 fully saturated rings. The predicted molar refractivity (Wildman–Crippen MR) is 96.9 cm³/mol. The lowest BCUT2D eigenvalue weighted by Gasteiger charge is -2.37. The molecule has 1 aromatic rings. The van der Waals surface area contributed by atoms with E-state index in [0.717, 1.165) is 37.1 Å². The molecule has 2 aliphatic heterocycles. The molecule has 134 valence electrons. The lowest BCUT2D eigenvalue weighted by Crippen LogP contribution is -2.48. The Hall–Kier alpha value is -1.30. The molecule has 0 saturated carbocycles. The number of piperidine rings is 1. The molecule has 1 N–H and O–H groups in total. The van der Waals surface area contributed by atoms with Gasteiger partial charge in [0.2, 0.25) is 0 Å². The highest BCUT2D eigenvalue weighted by Gasteiger charge is 2.21. The number of methoxy groups -OCH3 is 2. The van der Waals surface area contributed by atoms with E-state index in [2.05, 4.69) is 27.2 Å². The normalized spacial score (nSPS) is 20.9. The van der Waals surface area contributed by atoms with Crippen LogP contribution in [0.2, 0.25) is 0 Å². The molecule has 24 heavy (non-hydrogen) atoms. The summed E-state index contributed by atoms with van der Waals surface area (Å²) in [5.41, 5.74) is 1.26. The van der Waals surface area contributed by atoms with Crippen LogP contribution in [0, 0.1) is 5.92 Å². The molecule has 2 saturated heterocycles. The van der Waals surface area contributed by atoms with Gasteiger partial charge < -0.3 is 19.7 Å². The first-order valence-corrected chi connectivity index (χ1v) is 9.14. The van der Waals surface area contributed by atoms with Crippen LogP contribution in [0.4, 0.5) is 0 Å². The molecule has 2 aliphatic rings. The molecule has 5 heteroatoms. The number of nitrogens with zero attached hydrogens (tertiary/aromatic N) is 2. The second-order valence-corrected chi connectivity index (χ2v) is 6.99. The standard InChI is InChI=1S/C19H31N3O2/c1-23-18-11-17(12-19(13-18)24-2)15-22-9-7-21(8-10-22)14-16-3-5-20-6-4-16/h11-13,16,20H,3-10,14-15H2,1-2H3. The Morgan fingerprint density at radius 2 is 1.50 bits per heavy atom. The zero-order valence-corrected chi connectivity index (χ0v) is 15.1. The average molecular weight is 333 g/mol. The summed E-state index contributed by atoms with van der Waals surface area (Å²) in [6.07, 6.45) is 2.67. The first kappa shape index (κ1) is 17.5. The number of rotatable bonds is 6. The largest absolute Gasteiger partial charge is 0.497 e.